The molecule has 1 aromatic rings. The molecular weight excluding hydrogens is 226 g/mol. The predicted octanol–water partition coefficient (Wildman–Crippen LogP) is 3.14. The fraction of sp³-hybridized carbons (Fsp3) is 0.286. The zero-order valence-corrected chi connectivity index (χ0v) is 10.3. The van der Waals surface area contributed by atoms with Gasteiger partial charge in [-0.3, -0.25) is 4.99 Å². The van der Waals surface area contributed by atoms with Crippen molar-refractivity contribution in [2.75, 3.05) is 6.61 Å². The number of hydrogen-bond acceptors (Lipinski definition) is 2. The molecule has 0 spiro atoms. The third-order valence-electron chi connectivity index (χ3n) is 2.65. The summed E-state index contributed by atoms with van der Waals surface area (Å²) in [6.45, 7) is 2.45. The van der Waals surface area contributed by atoms with E-state index in [-0.39, 0.29) is 0 Å². The lowest BCUT2D eigenvalue weighted by atomic mass is 10.0. The topological polar surface area (TPSA) is 58.0 Å². The van der Waals surface area contributed by atoms with Gasteiger partial charge in [-0.25, -0.2) is 0 Å². The molecule has 0 N–H and O–H groups in total. The largest absolute Gasteiger partial charge is 0.487 e. The Labute approximate surface area is 106 Å². The Kier molecular flexibility index (Phi) is 4.05. The molecule has 0 heterocycles. The van der Waals surface area contributed by atoms with Crippen LogP contribution in [0.2, 0.25) is 0 Å². The molecule has 4 nitrogen and oxygen atoms in total. The Hall–Kier alpha value is -2.19. The van der Waals surface area contributed by atoms with Gasteiger partial charge < -0.3 is 10.3 Å². The van der Waals surface area contributed by atoms with Crippen LogP contribution in [0.25, 0.3) is 5.53 Å². The van der Waals surface area contributed by atoms with Crippen LogP contribution >= 0.6 is 0 Å². The summed E-state index contributed by atoms with van der Waals surface area (Å²) in [5.41, 5.74) is 11.3. The van der Waals surface area contributed by atoms with Crippen LogP contribution in [0.3, 0.4) is 0 Å². The number of ether oxygens (including phenoxy) is 1. The van der Waals surface area contributed by atoms with E-state index in [9.17, 15) is 0 Å². The van der Waals surface area contributed by atoms with Gasteiger partial charge in [-0.1, -0.05) is 18.2 Å². The first kappa shape index (κ1) is 12.3. The molecule has 4 heteroatoms. The van der Waals surface area contributed by atoms with Crippen molar-refractivity contribution in [2.24, 2.45) is 4.99 Å². The molecule has 0 bridgehead atoms. The Morgan fingerprint density at radius 2 is 2.06 bits per heavy atom. The van der Waals surface area contributed by atoms with Crippen molar-refractivity contribution in [2.45, 2.75) is 19.8 Å². The molecule has 0 aliphatic heterocycles. The second-order valence-corrected chi connectivity index (χ2v) is 3.93. The summed E-state index contributed by atoms with van der Waals surface area (Å²) < 4.78 is 5.44. The highest BCUT2D eigenvalue weighted by Crippen LogP contribution is 2.18. The highest BCUT2D eigenvalue weighted by Gasteiger charge is 2.23. The fourth-order valence-electron chi connectivity index (χ4n) is 1.81. The molecule has 92 valence electrons. The molecule has 0 aromatic heterocycles. The summed E-state index contributed by atoms with van der Waals surface area (Å²) in [5.74, 6) is 0.612. The molecule has 2 rings (SSSR count). The van der Waals surface area contributed by atoms with Gasteiger partial charge in [0.05, 0.1) is 18.7 Å². The molecule has 1 aliphatic carbocycles. The third kappa shape index (κ3) is 2.93. The first-order valence-corrected chi connectivity index (χ1v) is 6.02. The summed E-state index contributed by atoms with van der Waals surface area (Å²) in [7, 11) is 0. The van der Waals surface area contributed by atoms with E-state index in [1.165, 1.54) is 0 Å². The Morgan fingerprint density at radius 1 is 1.28 bits per heavy atom. The molecule has 0 fully saturated rings. The normalized spacial score (nSPS) is 17.3. The summed E-state index contributed by atoms with van der Waals surface area (Å²) >= 11 is 0. The van der Waals surface area contributed by atoms with Gasteiger partial charge in [0.2, 0.25) is 5.76 Å². The highest BCUT2D eigenvalue weighted by atomic mass is 16.5. The van der Waals surface area contributed by atoms with Crippen molar-refractivity contribution in [1.29, 1.82) is 0 Å². The zero-order chi connectivity index (χ0) is 12.8. The van der Waals surface area contributed by atoms with Gasteiger partial charge in [-0.15, -0.1) is 0 Å². The SMILES string of the molecule is CCOC1=CC(=Nc2ccccc2)CCC1=[N+]=[N-]. The predicted molar refractivity (Wildman–Crippen MR) is 71.1 cm³/mol. The van der Waals surface area contributed by atoms with Gasteiger partial charge in [0, 0.05) is 18.2 Å². The first-order chi connectivity index (χ1) is 8.83. The van der Waals surface area contributed by atoms with Gasteiger partial charge in [0.15, 0.2) is 0 Å². The van der Waals surface area contributed by atoms with E-state index in [0.717, 1.165) is 17.8 Å². The van der Waals surface area contributed by atoms with Crippen molar-refractivity contribution >= 4 is 17.1 Å². The van der Waals surface area contributed by atoms with E-state index in [2.05, 4.69) is 9.78 Å². The van der Waals surface area contributed by atoms with E-state index >= 15 is 0 Å². The average Bonchev–Trinajstić information content (AvgIpc) is 2.41. The Bertz CT molecular complexity index is 525. The quantitative estimate of drug-likeness (QED) is 0.592. The molecule has 1 aromatic carbocycles. The molecule has 0 unspecified atom stereocenters. The minimum atomic E-state index is 0.545. The van der Waals surface area contributed by atoms with Gasteiger partial charge in [0.1, 0.15) is 0 Å². The lowest BCUT2D eigenvalue weighted by Crippen LogP contribution is -2.16. The standard InChI is InChI=1S/C14H15N3O/c1-2-18-14-10-12(8-9-13(14)17-15)16-11-6-4-3-5-7-11/h3-7,10H,2,8-9H2,1H3. The summed E-state index contributed by atoms with van der Waals surface area (Å²) in [6, 6.07) is 9.78. The lowest BCUT2D eigenvalue weighted by Gasteiger charge is -2.11. The molecule has 0 saturated carbocycles. The number of nitrogens with zero attached hydrogens (tertiary/aromatic N) is 3. The number of para-hydroxylation sites is 1. The monoisotopic (exact) mass is 241 g/mol. The minimum Gasteiger partial charge on any atom is -0.487 e. The van der Waals surface area contributed by atoms with Crippen LogP contribution in [0.15, 0.2) is 47.2 Å². The maximum atomic E-state index is 8.89. The number of rotatable bonds is 3. The van der Waals surface area contributed by atoms with Crippen LogP contribution in [0, 0.1) is 0 Å². The van der Waals surface area contributed by atoms with E-state index in [0.29, 0.717) is 24.5 Å². The van der Waals surface area contributed by atoms with Crippen LogP contribution < -0.4 is 0 Å². The van der Waals surface area contributed by atoms with Crippen LogP contribution in [0.4, 0.5) is 5.69 Å². The van der Waals surface area contributed by atoms with Crippen molar-refractivity contribution in [1.82, 2.24) is 0 Å². The molecule has 18 heavy (non-hydrogen) atoms. The van der Waals surface area contributed by atoms with E-state index in [1.54, 1.807) is 0 Å². The number of hydrogen-bond donors (Lipinski definition) is 0. The van der Waals surface area contributed by atoms with Crippen LogP contribution in [0.1, 0.15) is 19.8 Å². The van der Waals surface area contributed by atoms with Gasteiger partial charge >= 0.3 is 5.71 Å². The summed E-state index contributed by atoms with van der Waals surface area (Å²) in [4.78, 5) is 7.80. The van der Waals surface area contributed by atoms with Crippen LogP contribution in [-0.4, -0.2) is 22.8 Å². The molecule has 0 amide bonds. The summed E-state index contributed by atoms with van der Waals surface area (Å²) in [6.07, 6.45) is 3.24. The zero-order valence-electron chi connectivity index (χ0n) is 10.3. The molecular formula is C14H15N3O. The fourth-order valence-corrected chi connectivity index (χ4v) is 1.81. The van der Waals surface area contributed by atoms with Crippen molar-refractivity contribution < 1.29 is 9.53 Å². The minimum absolute atomic E-state index is 0.545. The van der Waals surface area contributed by atoms with Crippen LogP contribution in [-0.2, 0) is 4.74 Å². The van der Waals surface area contributed by atoms with E-state index in [4.69, 9.17) is 10.3 Å². The highest BCUT2D eigenvalue weighted by molar-refractivity contribution is 6.10. The van der Waals surface area contributed by atoms with Gasteiger partial charge in [-0.05, 0) is 19.1 Å². The molecule has 0 saturated heterocycles. The second-order valence-electron chi connectivity index (χ2n) is 3.93. The molecule has 0 atom stereocenters. The average molecular weight is 241 g/mol. The van der Waals surface area contributed by atoms with Gasteiger partial charge in [0.25, 0.3) is 0 Å². The second kappa shape index (κ2) is 5.94. The summed E-state index contributed by atoms with van der Waals surface area (Å²) in [5, 5.41) is 0. The Morgan fingerprint density at radius 3 is 2.72 bits per heavy atom. The lowest BCUT2D eigenvalue weighted by molar-refractivity contribution is -0.0127. The van der Waals surface area contributed by atoms with Crippen molar-refractivity contribution in [3.05, 3.63) is 47.7 Å². The number of allylic oxidation sites excluding steroid dienone is 2. The Balaban J connectivity index is 2.28. The van der Waals surface area contributed by atoms with Crippen molar-refractivity contribution in [3.63, 3.8) is 0 Å². The van der Waals surface area contributed by atoms with Crippen molar-refractivity contribution in [3.8, 4) is 0 Å². The van der Waals surface area contributed by atoms with Gasteiger partial charge in [-0.2, -0.15) is 4.79 Å². The maximum absolute atomic E-state index is 8.89. The number of benzene rings is 1. The van der Waals surface area contributed by atoms with E-state index in [1.807, 2.05) is 43.3 Å². The first-order valence-electron chi connectivity index (χ1n) is 6.02. The third-order valence-corrected chi connectivity index (χ3v) is 2.65. The van der Waals surface area contributed by atoms with E-state index < -0.39 is 0 Å². The molecule has 1 aliphatic rings. The van der Waals surface area contributed by atoms with Crippen LogP contribution in [0.5, 0.6) is 0 Å². The smallest absolute Gasteiger partial charge is 0.333 e. The maximum Gasteiger partial charge on any atom is 0.333 e. The number of aliphatic imine (C=N–C) groups is 1. The molecule has 0 radical (unpaired) electrons.